The first-order valence-corrected chi connectivity index (χ1v) is 9.78. The summed E-state index contributed by atoms with van der Waals surface area (Å²) in [5.41, 5.74) is 0. The van der Waals surface area contributed by atoms with Crippen LogP contribution in [-0.2, 0) is 24.5 Å². The monoisotopic (exact) mass is 314 g/mol. The van der Waals surface area contributed by atoms with E-state index >= 15 is 0 Å². The van der Waals surface area contributed by atoms with Gasteiger partial charge in [-0.05, 0) is 19.8 Å². The summed E-state index contributed by atoms with van der Waals surface area (Å²) >= 11 is 0. The van der Waals surface area contributed by atoms with Crippen molar-refractivity contribution in [2.45, 2.75) is 58.0 Å². The zero-order chi connectivity index (χ0) is 15.7. The van der Waals surface area contributed by atoms with Gasteiger partial charge in [0.15, 0.2) is 23.8 Å². The smallest absolute Gasteiger partial charge is 0.170 e. The maximum atomic E-state index is 11.7. The van der Waals surface area contributed by atoms with Crippen molar-refractivity contribution in [3.05, 3.63) is 0 Å². The lowest BCUT2D eigenvalue weighted by Crippen LogP contribution is -2.44. The Labute approximate surface area is 117 Å². The number of rotatable bonds is 7. The number of carbonyl (C=O) groups is 1. The van der Waals surface area contributed by atoms with Crippen molar-refractivity contribution in [1.29, 1.82) is 0 Å². The normalized spacial score (nSPS) is 12.5. The van der Waals surface area contributed by atoms with E-state index in [2.05, 4.69) is 0 Å². The number of unbranched alkanes of at least 4 members (excludes halogenated alkanes) is 1. The molecule has 0 N–H and O–H groups in total. The summed E-state index contributed by atoms with van der Waals surface area (Å²) in [5.74, 6) is -0.285. The minimum Gasteiger partial charge on any atom is -0.303 e. The second-order valence-electron chi connectivity index (χ2n) is 4.25. The lowest BCUT2D eigenvalue weighted by atomic mass is 10.4. The Morgan fingerprint density at radius 1 is 0.895 bits per heavy atom. The van der Waals surface area contributed by atoms with Crippen LogP contribution < -0.4 is 0 Å². The van der Waals surface area contributed by atoms with E-state index in [1.54, 1.807) is 6.92 Å². The van der Waals surface area contributed by atoms with Crippen molar-refractivity contribution < 1.29 is 21.6 Å². The Balaban J connectivity index is 0. The van der Waals surface area contributed by atoms with Gasteiger partial charge in [0.25, 0.3) is 0 Å². The lowest BCUT2D eigenvalue weighted by Gasteiger charge is -2.26. The van der Waals surface area contributed by atoms with Gasteiger partial charge < -0.3 is 4.79 Å². The molecule has 0 fully saturated rings. The van der Waals surface area contributed by atoms with Gasteiger partial charge in [-0.15, -0.1) is 0 Å². The fourth-order valence-corrected chi connectivity index (χ4v) is 5.72. The van der Waals surface area contributed by atoms with E-state index in [0.29, 0.717) is 6.42 Å². The van der Waals surface area contributed by atoms with Crippen molar-refractivity contribution in [3.63, 3.8) is 0 Å². The van der Waals surface area contributed by atoms with E-state index in [4.69, 9.17) is 0 Å². The molecule has 0 rings (SSSR count). The molecule has 0 unspecified atom stereocenters. The molecule has 19 heavy (non-hydrogen) atoms. The Hall–Kier alpha value is -0.430. The molecule has 116 valence electrons. The van der Waals surface area contributed by atoms with E-state index in [1.807, 2.05) is 6.92 Å². The third-order valence-electron chi connectivity index (χ3n) is 3.12. The average Bonchev–Trinajstić information content (AvgIpc) is 2.38. The largest absolute Gasteiger partial charge is 0.303 e. The van der Waals surface area contributed by atoms with Crippen LogP contribution in [0.25, 0.3) is 0 Å². The summed E-state index contributed by atoms with van der Waals surface area (Å²) in [6, 6.07) is 0. The van der Waals surface area contributed by atoms with Gasteiger partial charge >= 0.3 is 0 Å². The highest BCUT2D eigenvalue weighted by Crippen LogP contribution is 2.29. The highest BCUT2D eigenvalue weighted by atomic mass is 32.3. The van der Waals surface area contributed by atoms with Crippen LogP contribution in [0.15, 0.2) is 0 Å². The van der Waals surface area contributed by atoms with Crippen LogP contribution in [-0.4, -0.2) is 38.7 Å². The molecule has 0 radical (unpaired) electrons. The number of aldehydes is 1. The minimum absolute atomic E-state index is 0.0966. The van der Waals surface area contributed by atoms with Gasteiger partial charge in [-0.2, -0.15) is 0 Å². The third kappa shape index (κ3) is 5.22. The maximum Gasteiger partial charge on any atom is 0.170 e. The third-order valence-corrected chi connectivity index (χ3v) is 9.38. The van der Waals surface area contributed by atoms with Crippen LogP contribution in [0.2, 0.25) is 0 Å². The van der Waals surface area contributed by atoms with Gasteiger partial charge in [0.05, 0.1) is 0 Å². The van der Waals surface area contributed by atoms with Gasteiger partial charge in [0, 0.05) is 17.9 Å². The van der Waals surface area contributed by atoms with Crippen LogP contribution in [0.4, 0.5) is 0 Å². The zero-order valence-electron chi connectivity index (χ0n) is 12.5. The van der Waals surface area contributed by atoms with Gasteiger partial charge in [0.2, 0.25) is 0 Å². The standard InChI is InChI=1S/C8H18O4S2.C4H8O/c1-5-8(4,13(9,10)6-2)14(11,12)7-3;1-2-3-4-5/h5-7H2,1-4H3;4H,2-3H2,1H3. The van der Waals surface area contributed by atoms with E-state index < -0.39 is 23.8 Å². The molecule has 0 saturated carbocycles. The topological polar surface area (TPSA) is 85.3 Å². The molecule has 0 aliphatic carbocycles. The molecule has 0 aliphatic rings. The van der Waals surface area contributed by atoms with E-state index in [0.717, 1.165) is 12.7 Å². The molecule has 0 saturated heterocycles. The lowest BCUT2D eigenvalue weighted by molar-refractivity contribution is -0.107. The summed E-state index contributed by atoms with van der Waals surface area (Å²) < 4.78 is 45.1. The Bertz CT molecular complexity index is 415. The predicted octanol–water partition coefficient (Wildman–Crippen LogP) is 1.97. The fraction of sp³-hybridized carbons (Fsp3) is 0.917. The minimum atomic E-state index is -3.57. The summed E-state index contributed by atoms with van der Waals surface area (Å²) in [7, 11) is -7.14. The fourth-order valence-electron chi connectivity index (χ4n) is 1.36. The molecule has 0 aliphatic heterocycles. The molecule has 5 nitrogen and oxygen atoms in total. The zero-order valence-corrected chi connectivity index (χ0v) is 14.1. The van der Waals surface area contributed by atoms with Gasteiger partial charge in [0.1, 0.15) is 6.29 Å². The predicted molar refractivity (Wildman–Crippen MR) is 78.6 cm³/mol. The number of carbonyl (C=O) groups excluding carboxylic acids is 1. The molecular weight excluding hydrogens is 288 g/mol. The first kappa shape index (κ1) is 20.9. The van der Waals surface area contributed by atoms with Crippen molar-refractivity contribution in [2.75, 3.05) is 11.5 Å². The highest BCUT2D eigenvalue weighted by molar-refractivity contribution is 8.10. The average molecular weight is 314 g/mol. The molecule has 0 heterocycles. The number of sulfone groups is 2. The van der Waals surface area contributed by atoms with E-state index in [1.165, 1.54) is 20.8 Å². The summed E-state index contributed by atoms with van der Waals surface area (Å²) in [4.78, 5) is 9.40. The molecule has 0 atom stereocenters. The van der Waals surface area contributed by atoms with Crippen molar-refractivity contribution in [3.8, 4) is 0 Å². The second-order valence-corrected chi connectivity index (χ2v) is 9.92. The quantitative estimate of drug-likeness (QED) is 0.671. The molecular formula is C12H26O5S2. The second kappa shape index (κ2) is 8.68. The number of hydrogen-bond donors (Lipinski definition) is 0. The molecule has 0 aromatic heterocycles. The summed E-state index contributed by atoms with van der Waals surface area (Å²) in [6.45, 7) is 7.79. The van der Waals surface area contributed by atoms with E-state index in [9.17, 15) is 21.6 Å². The van der Waals surface area contributed by atoms with Crippen LogP contribution >= 0.6 is 0 Å². The van der Waals surface area contributed by atoms with Gasteiger partial charge in [-0.25, -0.2) is 16.8 Å². The molecule has 7 heteroatoms. The maximum absolute atomic E-state index is 11.7. The van der Waals surface area contributed by atoms with Gasteiger partial charge in [-0.3, -0.25) is 0 Å². The van der Waals surface area contributed by atoms with E-state index in [-0.39, 0.29) is 17.9 Å². The first-order valence-electron chi connectivity index (χ1n) is 6.48. The van der Waals surface area contributed by atoms with Crippen molar-refractivity contribution >= 4 is 26.0 Å². The molecule has 0 bridgehead atoms. The van der Waals surface area contributed by atoms with Gasteiger partial charge in [-0.1, -0.05) is 27.7 Å². The van der Waals surface area contributed by atoms with Crippen LogP contribution in [0.5, 0.6) is 0 Å². The number of hydrogen-bond acceptors (Lipinski definition) is 5. The van der Waals surface area contributed by atoms with Crippen LogP contribution in [0.3, 0.4) is 0 Å². The summed E-state index contributed by atoms with van der Waals surface area (Å²) in [6.07, 6.45) is 2.71. The molecule has 0 spiro atoms. The Morgan fingerprint density at radius 2 is 1.26 bits per heavy atom. The highest BCUT2D eigenvalue weighted by Gasteiger charge is 2.47. The Kier molecular flexibility index (Phi) is 9.54. The Morgan fingerprint density at radius 3 is 1.37 bits per heavy atom. The van der Waals surface area contributed by atoms with Crippen molar-refractivity contribution in [1.82, 2.24) is 0 Å². The first-order chi connectivity index (χ1) is 8.60. The van der Waals surface area contributed by atoms with Crippen LogP contribution in [0.1, 0.15) is 53.9 Å². The SMILES string of the molecule is CCC(C)(S(=O)(=O)CC)S(=O)(=O)CC.CCCC=O. The van der Waals surface area contributed by atoms with Crippen molar-refractivity contribution in [2.24, 2.45) is 0 Å². The van der Waals surface area contributed by atoms with Crippen LogP contribution in [0, 0.1) is 0 Å². The molecule has 0 aromatic rings. The summed E-state index contributed by atoms with van der Waals surface area (Å²) in [5, 5.41) is 0. The molecule has 0 amide bonds. The molecule has 0 aromatic carbocycles.